The molecule has 22 heavy (non-hydrogen) atoms. The Labute approximate surface area is 137 Å². The molecule has 8 heteroatoms. The van der Waals surface area contributed by atoms with E-state index >= 15 is 0 Å². The maximum Gasteiger partial charge on any atom is 0.408 e. The molecule has 0 aromatic carbocycles. The molecule has 0 heterocycles. The molecule has 0 saturated carbocycles. The van der Waals surface area contributed by atoms with Crippen molar-refractivity contribution in [2.24, 2.45) is 0 Å². The van der Waals surface area contributed by atoms with Crippen LogP contribution in [0.4, 0.5) is 4.79 Å². The summed E-state index contributed by atoms with van der Waals surface area (Å²) in [5.74, 6) is -1.75. The van der Waals surface area contributed by atoms with Crippen molar-refractivity contribution in [3.8, 4) is 0 Å². The van der Waals surface area contributed by atoms with Crippen LogP contribution < -0.4 is 5.32 Å². The summed E-state index contributed by atoms with van der Waals surface area (Å²) >= 11 is 0. The van der Waals surface area contributed by atoms with Gasteiger partial charge in [0.15, 0.2) is 0 Å². The first-order chi connectivity index (χ1) is 9.30. The van der Waals surface area contributed by atoms with Crippen LogP contribution in [0.3, 0.4) is 0 Å². The molecule has 130 valence electrons. The number of esters is 1. The van der Waals surface area contributed by atoms with Gasteiger partial charge in [0.05, 0.1) is 0 Å². The lowest BCUT2D eigenvalue weighted by Crippen LogP contribution is -2.46. The highest BCUT2D eigenvalue weighted by Gasteiger charge is 2.28. The molecular weight excluding hydrogens is 314 g/mol. The standard InChI is InChI=1S/C14H25NO6.ClH/c1-13(2,3)20-11(18)9(7-8-10(16)17)15-12(19)21-14(4,5)6;/h9H,7-8H2,1-6H3,(H,15,19)(H,16,17);1H/t9-;/m0./s1. The molecule has 0 aliphatic rings. The summed E-state index contributed by atoms with van der Waals surface area (Å²) in [5.41, 5.74) is -1.44. The number of hydrogen-bond acceptors (Lipinski definition) is 5. The van der Waals surface area contributed by atoms with Gasteiger partial charge in [-0.3, -0.25) is 4.79 Å². The van der Waals surface area contributed by atoms with Gasteiger partial charge in [-0.05, 0) is 48.0 Å². The van der Waals surface area contributed by atoms with Gasteiger partial charge in [0.1, 0.15) is 17.2 Å². The number of aliphatic carboxylic acids is 1. The van der Waals surface area contributed by atoms with Gasteiger partial charge in [-0.2, -0.15) is 0 Å². The van der Waals surface area contributed by atoms with Crippen molar-refractivity contribution < 1.29 is 29.0 Å². The van der Waals surface area contributed by atoms with Crippen molar-refractivity contribution in [1.29, 1.82) is 0 Å². The number of rotatable bonds is 5. The Balaban J connectivity index is 0. The summed E-state index contributed by atoms with van der Waals surface area (Å²) in [6, 6.07) is -1.06. The quantitative estimate of drug-likeness (QED) is 0.746. The summed E-state index contributed by atoms with van der Waals surface area (Å²) < 4.78 is 10.2. The van der Waals surface area contributed by atoms with Crippen LogP contribution in [0, 0.1) is 0 Å². The topological polar surface area (TPSA) is 102 Å². The normalized spacial score (nSPS) is 12.6. The van der Waals surface area contributed by atoms with Crippen molar-refractivity contribution >= 4 is 30.4 Å². The number of nitrogens with one attached hydrogen (secondary N) is 1. The highest BCUT2D eigenvalue weighted by Crippen LogP contribution is 2.12. The lowest BCUT2D eigenvalue weighted by molar-refractivity contribution is -0.157. The summed E-state index contributed by atoms with van der Waals surface area (Å²) in [5, 5.41) is 11.1. The molecule has 0 rings (SSSR count). The molecule has 0 fully saturated rings. The van der Waals surface area contributed by atoms with E-state index in [2.05, 4.69) is 5.32 Å². The molecule has 1 amide bonds. The zero-order valence-corrected chi connectivity index (χ0v) is 14.7. The van der Waals surface area contributed by atoms with Crippen LogP contribution in [0.5, 0.6) is 0 Å². The number of ether oxygens (including phenoxy) is 2. The molecule has 2 N–H and O–H groups in total. The first kappa shape index (κ1) is 22.8. The Morgan fingerprint density at radius 1 is 1.00 bits per heavy atom. The van der Waals surface area contributed by atoms with E-state index in [0.29, 0.717) is 0 Å². The molecule has 0 spiro atoms. The Bertz CT molecular complexity index is 397. The van der Waals surface area contributed by atoms with Crippen molar-refractivity contribution in [2.75, 3.05) is 0 Å². The van der Waals surface area contributed by atoms with E-state index in [9.17, 15) is 14.4 Å². The molecule has 7 nitrogen and oxygen atoms in total. The van der Waals surface area contributed by atoms with Crippen LogP contribution in [0.1, 0.15) is 54.4 Å². The number of alkyl carbamates (subject to hydrolysis) is 1. The van der Waals surface area contributed by atoms with Crippen molar-refractivity contribution in [3.63, 3.8) is 0 Å². The van der Waals surface area contributed by atoms with E-state index in [4.69, 9.17) is 14.6 Å². The number of halogens is 1. The predicted octanol–water partition coefficient (Wildman–Crippen LogP) is 2.51. The van der Waals surface area contributed by atoms with Gasteiger partial charge in [-0.1, -0.05) is 0 Å². The van der Waals surface area contributed by atoms with Gasteiger partial charge in [0.2, 0.25) is 0 Å². The molecule has 0 saturated heterocycles. The number of amides is 1. The lowest BCUT2D eigenvalue weighted by Gasteiger charge is -2.26. The average Bonchev–Trinajstić information content (AvgIpc) is 2.18. The van der Waals surface area contributed by atoms with E-state index in [0.717, 1.165) is 0 Å². The zero-order valence-electron chi connectivity index (χ0n) is 13.9. The molecule has 1 atom stereocenters. The van der Waals surface area contributed by atoms with Gasteiger partial charge in [0, 0.05) is 6.42 Å². The molecule has 0 bridgehead atoms. The molecule has 0 aromatic heterocycles. The Kier molecular flexibility index (Phi) is 9.14. The number of carboxylic acid groups (broad SMARTS) is 1. The van der Waals surface area contributed by atoms with Gasteiger partial charge in [-0.25, -0.2) is 9.59 Å². The van der Waals surface area contributed by atoms with E-state index in [1.54, 1.807) is 41.5 Å². The van der Waals surface area contributed by atoms with Gasteiger partial charge in [0.25, 0.3) is 0 Å². The van der Waals surface area contributed by atoms with E-state index in [1.165, 1.54) is 0 Å². The number of carboxylic acids is 1. The monoisotopic (exact) mass is 339 g/mol. The summed E-state index contributed by atoms with van der Waals surface area (Å²) in [7, 11) is 0. The molecule has 0 aromatic rings. The van der Waals surface area contributed by atoms with Crippen molar-refractivity contribution in [3.05, 3.63) is 0 Å². The minimum absolute atomic E-state index is 0. The maximum atomic E-state index is 12.0. The minimum atomic E-state index is -1.06. The smallest absolute Gasteiger partial charge is 0.408 e. The predicted molar refractivity (Wildman–Crippen MR) is 83.1 cm³/mol. The Hall–Kier alpha value is -1.50. The third-order valence-corrected chi connectivity index (χ3v) is 2.03. The number of carbonyl (C=O) groups is 3. The Morgan fingerprint density at radius 3 is 1.82 bits per heavy atom. The molecular formula is C14H26ClNO6. The first-order valence-corrected chi connectivity index (χ1v) is 6.74. The van der Waals surface area contributed by atoms with Crippen LogP contribution in [0.2, 0.25) is 0 Å². The van der Waals surface area contributed by atoms with Crippen LogP contribution in [0.15, 0.2) is 0 Å². The van der Waals surface area contributed by atoms with Gasteiger partial charge in [-0.15, -0.1) is 12.4 Å². The van der Waals surface area contributed by atoms with Gasteiger partial charge < -0.3 is 19.9 Å². The second kappa shape index (κ2) is 8.82. The zero-order chi connectivity index (χ0) is 16.8. The lowest BCUT2D eigenvalue weighted by atomic mass is 10.1. The van der Waals surface area contributed by atoms with E-state index in [1.807, 2.05) is 0 Å². The van der Waals surface area contributed by atoms with Crippen LogP contribution in [-0.4, -0.2) is 40.4 Å². The highest BCUT2D eigenvalue weighted by molar-refractivity contribution is 5.85. The van der Waals surface area contributed by atoms with Gasteiger partial charge >= 0.3 is 18.0 Å². The molecule has 0 radical (unpaired) electrons. The second-order valence-electron chi connectivity index (χ2n) is 6.66. The Morgan fingerprint density at radius 2 is 1.45 bits per heavy atom. The summed E-state index contributed by atoms with van der Waals surface area (Å²) in [6.07, 6.45) is -1.12. The number of carbonyl (C=O) groups excluding carboxylic acids is 2. The summed E-state index contributed by atoms with van der Waals surface area (Å²) in [6.45, 7) is 10.1. The highest BCUT2D eigenvalue weighted by atomic mass is 35.5. The summed E-state index contributed by atoms with van der Waals surface area (Å²) in [4.78, 5) is 34.3. The average molecular weight is 340 g/mol. The minimum Gasteiger partial charge on any atom is -0.481 e. The number of hydrogen-bond donors (Lipinski definition) is 2. The van der Waals surface area contributed by atoms with E-state index in [-0.39, 0.29) is 25.2 Å². The fourth-order valence-corrected chi connectivity index (χ4v) is 1.34. The molecule has 0 unspecified atom stereocenters. The van der Waals surface area contributed by atoms with E-state index < -0.39 is 35.3 Å². The van der Waals surface area contributed by atoms with Crippen LogP contribution >= 0.6 is 12.4 Å². The second-order valence-corrected chi connectivity index (χ2v) is 6.66. The fraction of sp³-hybridized carbons (Fsp3) is 0.786. The van der Waals surface area contributed by atoms with Crippen molar-refractivity contribution in [1.82, 2.24) is 5.32 Å². The van der Waals surface area contributed by atoms with Crippen LogP contribution in [-0.2, 0) is 19.1 Å². The third-order valence-electron chi connectivity index (χ3n) is 2.03. The SMILES string of the molecule is CC(C)(C)OC(=O)N[C@@H](CCC(=O)O)C(=O)OC(C)(C)C.Cl. The van der Waals surface area contributed by atoms with Crippen molar-refractivity contribution in [2.45, 2.75) is 71.6 Å². The molecule has 0 aliphatic carbocycles. The third kappa shape index (κ3) is 12.3. The fourth-order valence-electron chi connectivity index (χ4n) is 1.34. The maximum absolute atomic E-state index is 12.0. The molecule has 0 aliphatic heterocycles. The first-order valence-electron chi connectivity index (χ1n) is 6.74. The largest absolute Gasteiger partial charge is 0.481 e. The van der Waals surface area contributed by atoms with Crippen LogP contribution in [0.25, 0.3) is 0 Å².